The van der Waals surface area contributed by atoms with E-state index >= 15 is 0 Å². The SMILES string of the molecule is CCOC(=O)C(NCc1ccncc1)c1cc(C(C)(C)C)c(O)c(C(C)(C)C)c1. The van der Waals surface area contributed by atoms with E-state index in [-0.39, 0.29) is 16.8 Å². The number of nitrogens with one attached hydrogen (secondary N) is 1. The predicted molar refractivity (Wildman–Crippen MR) is 116 cm³/mol. The number of pyridine rings is 1. The second-order valence-electron chi connectivity index (χ2n) is 9.39. The Morgan fingerprint density at radius 3 is 2.03 bits per heavy atom. The van der Waals surface area contributed by atoms with Gasteiger partial charge in [-0.1, -0.05) is 41.5 Å². The molecule has 0 aliphatic heterocycles. The van der Waals surface area contributed by atoms with Crippen molar-refractivity contribution in [2.45, 2.75) is 71.9 Å². The number of phenolic OH excluding ortho intramolecular Hbond substituents is 1. The number of rotatable bonds is 6. The van der Waals surface area contributed by atoms with Crippen LogP contribution in [0, 0.1) is 0 Å². The molecule has 0 radical (unpaired) electrons. The summed E-state index contributed by atoms with van der Waals surface area (Å²) in [5.41, 5.74) is 2.92. The average molecular weight is 399 g/mol. The standard InChI is InChI=1S/C24H34N2O3/c1-8-29-22(28)20(26-15-16-9-11-25-12-10-16)17-13-18(23(2,3)4)21(27)19(14-17)24(5,6)7/h9-14,20,26-27H,8,15H2,1-7H3. The summed E-state index contributed by atoms with van der Waals surface area (Å²) >= 11 is 0. The molecule has 0 aliphatic rings. The molecule has 5 heteroatoms. The number of aromatic nitrogens is 1. The summed E-state index contributed by atoms with van der Waals surface area (Å²) in [6, 6.07) is 7.03. The molecule has 158 valence electrons. The van der Waals surface area contributed by atoms with Gasteiger partial charge in [-0.3, -0.25) is 10.3 Å². The van der Waals surface area contributed by atoms with E-state index in [9.17, 15) is 9.90 Å². The quantitative estimate of drug-likeness (QED) is 0.686. The van der Waals surface area contributed by atoms with Gasteiger partial charge in [-0.15, -0.1) is 0 Å². The Morgan fingerprint density at radius 1 is 1.07 bits per heavy atom. The third-order valence-electron chi connectivity index (χ3n) is 4.86. The number of benzene rings is 1. The van der Waals surface area contributed by atoms with Crippen molar-refractivity contribution in [3.63, 3.8) is 0 Å². The largest absolute Gasteiger partial charge is 0.507 e. The molecule has 2 aromatic rings. The smallest absolute Gasteiger partial charge is 0.327 e. The summed E-state index contributed by atoms with van der Waals surface area (Å²) in [5, 5.41) is 14.3. The van der Waals surface area contributed by atoms with Crippen LogP contribution in [0.15, 0.2) is 36.7 Å². The number of carbonyl (C=O) groups is 1. The highest BCUT2D eigenvalue weighted by molar-refractivity contribution is 5.78. The number of phenols is 1. The van der Waals surface area contributed by atoms with E-state index in [0.29, 0.717) is 18.9 Å². The normalized spacial score (nSPS) is 13.2. The maximum atomic E-state index is 12.8. The zero-order chi connectivity index (χ0) is 21.8. The molecule has 2 N–H and O–H groups in total. The van der Waals surface area contributed by atoms with Crippen LogP contribution >= 0.6 is 0 Å². The van der Waals surface area contributed by atoms with Gasteiger partial charge in [0.2, 0.25) is 0 Å². The van der Waals surface area contributed by atoms with Gasteiger partial charge in [0, 0.05) is 18.9 Å². The van der Waals surface area contributed by atoms with E-state index in [0.717, 1.165) is 22.3 Å². The topological polar surface area (TPSA) is 71.5 Å². The number of carbonyl (C=O) groups excluding carboxylic acids is 1. The summed E-state index contributed by atoms with van der Waals surface area (Å²) < 4.78 is 5.35. The highest BCUT2D eigenvalue weighted by atomic mass is 16.5. The van der Waals surface area contributed by atoms with Crippen LogP contribution in [0.5, 0.6) is 5.75 Å². The molecule has 1 unspecified atom stereocenters. The molecule has 1 aromatic heterocycles. The molecule has 0 aliphatic carbocycles. The first-order chi connectivity index (χ1) is 13.4. The first-order valence-corrected chi connectivity index (χ1v) is 10.1. The Hall–Kier alpha value is -2.40. The Bertz CT molecular complexity index is 798. The van der Waals surface area contributed by atoms with Gasteiger partial charge >= 0.3 is 5.97 Å². The van der Waals surface area contributed by atoms with Crippen molar-refractivity contribution in [2.24, 2.45) is 0 Å². The molecule has 0 saturated carbocycles. The van der Waals surface area contributed by atoms with Gasteiger partial charge in [-0.2, -0.15) is 0 Å². The summed E-state index contributed by atoms with van der Waals surface area (Å²) in [4.78, 5) is 16.8. The lowest BCUT2D eigenvalue weighted by atomic mass is 9.77. The lowest BCUT2D eigenvalue weighted by Crippen LogP contribution is -2.31. The Kier molecular flexibility index (Phi) is 7.06. The molecule has 2 rings (SSSR count). The molecule has 0 fully saturated rings. The predicted octanol–water partition coefficient (Wildman–Crippen LogP) is 4.78. The lowest BCUT2D eigenvalue weighted by Gasteiger charge is -2.29. The molecule has 5 nitrogen and oxygen atoms in total. The zero-order valence-electron chi connectivity index (χ0n) is 18.7. The number of nitrogens with zero attached hydrogens (tertiary/aromatic N) is 1. The van der Waals surface area contributed by atoms with E-state index in [1.165, 1.54) is 0 Å². The fraction of sp³-hybridized carbons (Fsp3) is 0.500. The minimum atomic E-state index is -0.633. The number of hydrogen-bond acceptors (Lipinski definition) is 5. The average Bonchev–Trinajstić information content (AvgIpc) is 2.62. The van der Waals surface area contributed by atoms with Gasteiger partial charge in [0.15, 0.2) is 0 Å². The number of aromatic hydroxyl groups is 1. The van der Waals surface area contributed by atoms with Crippen molar-refractivity contribution < 1.29 is 14.6 Å². The fourth-order valence-corrected chi connectivity index (χ4v) is 3.25. The summed E-state index contributed by atoms with van der Waals surface area (Å²) in [6.07, 6.45) is 3.46. The third kappa shape index (κ3) is 5.80. The highest BCUT2D eigenvalue weighted by Crippen LogP contribution is 2.41. The summed E-state index contributed by atoms with van der Waals surface area (Å²) in [6.45, 7) is 15.0. The van der Waals surface area contributed by atoms with E-state index in [1.54, 1.807) is 19.3 Å². The van der Waals surface area contributed by atoms with Gasteiger partial charge in [-0.05, 0) is 64.3 Å². The van der Waals surface area contributed by atoms with Crippen LogP contribution in [0.25, 0.3) is 0 Å². The first kappa shape index (κ1) is 22.9. The summed E-state index contributed by atoms with van der Waals surface area (Å²) in [7, 11) is 0. The van der Waals surface area contributed by atoms with Crippen molar-refractivity contribution >= 4 is 5.97 Å². The van der Waals surface area contributed by atoms with Crippen LogP contribution in [0.1, 0.15) is 76.8 Å². The third-order valence-corrected chi connectivity index (χ3v) is 4.86. The Labute approximate surface area is 174 Å². The molecule has 1 atom stereocenters. The van der Waals surface area contributed by atoms with Crippen LogP contribution in [-0.2, 0) is 26.9 Å². The monoisotopic (exact) mass is 398 g/mol. The van der Waals surface area contributed by atoms with Gasteiger partial charge in [-0.25, -0.2) is 4.79 Å². The molecule has 0 saturated heterocycles. The maximum Gasteiger partial charge on any atom is 0.327 e. The number of esters is 1. The van der Waals surface area contributed by atoms with Crippen LogP contribution in [0.4, 0.5) is 0 Å². The Morgan fingerprint density at radius 2 is 1.59 bits per heavy atom. The van der Waals surface area contributed by atoms with Crippen LogP contribution in [0.2, 0.25) is 0 Å². The van der Waals surface area contributed by atoms with Crippen molar-refractivity contribution in [3.8, 4) is 5.75 Å². The van der Waals surface area contributed by atoms with Gasteiger partial charge in [0.05, 0.1) is 6.61 Å². The van der Waals surface area contributed by atoms with Crippen LogP contribution < -0.4 is 5.32 Å². The van der Waals surface area contributed by atoms with Crippen LogP contribution in [0.3, 0.4) is 0 Å². The van der Waals surface area contributed by atoms with Crippen molar-refractivity contribution in [1.29, 1.82) is 0 Å². The highest BCUT2D eigenvalue weighted by Gasteiger charge is 2.30. The van der Waals surface area contributed by atoms with E-state index in [1.807, 2.05) is 24.3 Å². The second-order valence-corrected chi connectivity index (χ2v) is 9.39. The maximum absolute atomic E-state index is 12.8. The van der Waals surface area contributed by atoms with Crippen molar-refractivity contribution in [1.82, 2.24) is 10.3 Å². The van der Waals surface area contributed by atoms with E-state index < -0.39 is 6.04 Å². The fourth-order valence-electron chi connectivity index (χ4n) is 3.25. The molecule has 0 bridgehead atoms. The molecule has 1 aromatic carbocycles. The van der Waals surface area contributed by atoms with Gasteiger partial charge in [0.1, 0.15) is 11.8 Å². The van der Waals surface area contributed by atoms with Crippen LogP contribution in [-0.4, -0.2) is 22.7 Å². The van der Waals surface area contributed by atoms with E-state index in [2.05, 4.69) is 51.8 Å². The Balaban J connectivity index is 2.54. The van der Waals surface area contributed by atoms with E-state index in [4.69, 9.17) is 4.74 Å². The molecule has 0 amide bonds. The first-order valence-electron chi connectivity index (χ1n) is 10.1. The molecule has 29 heavy (non-hydrogen) atoms. The van der Waals surface area contributed by atoms with Gasteiger partial charge in [0.25, 0.3) is 0 Å². The zero-order valence-corrected chi connectivity index (χ0v) is 18.7. The second kappa shape index (κ2) is 8.95. The molecule has 1 heterocycles. The minimum Gasteiger partial charge on any atom is -0.507 e. The van der Waals surface area contributed by atoms with Crippen molar-refractivity contribution in [2.75, 3.05) is 6.61 Å². The number of hydrogen-bond donors (Lipinski definition) is 2. The minimum absolute atomic E-state index is 0.273. The number of ether oxygens (including phenoxy) is 1. The molecular formula is C24H34N2O3. The molecule has 0 spiro atoms. The van der Waals surface area contributed by atoms with Crippen molar-refractivity contribution in [3.05, 3.63) is 58.9 Å². The molecular weight excluding hydrogens is 364 g/mol. The van der Waals surface area contributed by atoms with Gasteiger partial charge < -0.3 is 9.84 Å². The lowest BCUT2D eigenvalue weighted by molar-refractivity contribution is -0.145. The summed E-state index contributed by atoms with van der Waals surface area (Å²) in [5.74, 6) is -0.0301.